The SMILES string of the molecule is O=C(O[C@@H]1C(=O)N(c2ccccc2Cl)C(=O)[C@H]1OC(=O)c1ccccc1)c1ccccc1. The van der Waals surface area contributed by atoms with Crippen LogP contribution in [-0.2, 0) is 19.1 Å². The molecular weight excluding hydrogens is 434 g/mol. The number of benzene rings is 3. The molecule has 0 saturated carbocycles. The molecular formula is C24H16ClNO6. The topological polar surface area (TPSA) is 90.0 Å². The molecule has 2 amide bonds. The van der Waals surface area contributed by atoms with Crippen molar-refractivity contribution in [2.45, 2.75) is 12.2 Å². The van der Waals surface area contributed by atoms with Crippen LogP contribution in [0.3, 0.4) is 0 Å². The van der Waals surface area contributed by atoms with E-state index in [1.165, 1.54) is 36.4 Å². The molecule has 3 aromatic rings. The Balaban J connectivity index is 1.67. The number of anilines is 1. The lowest BCUT2D eigenvalue weighted by atomic mass is 10.2. The van der Waals surface area contributed by atoms with Crippen molar-refractivity contribution in [1.29, 1.82) is 0 Å². The average Bonchev–Trinajstić information content (AvgIpc) is 3.04. The fraction of sp³-hybridized carbons (Fsp3) is 0.0833. The maximum atomic E-state index is 13.1. The maximum absolute atomic E-state index is 13.1. The Morgan fingerprint density at radius 1 is 0.656 bits per heavy atom. The third-order valence-electron chi connectivity index (χ3n) is 4.78. The van der Waals surface area contributed by atoms with Crippen LogP contribution < -0.4 is 4.90 Å². The summed E-state index contributed by atoms with van der Waals surface area (Å²) >= 11 is 6.17. The lowest BCUT2D eigenvalue weighted by molar-refractivity contribution is -0.130. The molecule has 0 bridgehead atoms. The third-order valence-corrected chi connectivity index (χ3v) is 5.10. The summed E-state index contributed by atoms with van der Waals surface area (Å²) in [6.07, 6.45) is -3.33. The van der Waals surface area contributed by atoms with Crippen LogP contribution in [0.4, 0.5) is 5.69 Å². The number of esters is 2. The zero-order chi connectivity index (χ0) is 22.7. The zero-order valence-electron chi connectivity index (χ0n) is 16.5. The van der Waals surface area contributed by atoms with Crippen LogP contribution >= 0.6 is 11.6 Å². The monoisotopic (exact) mass is 449 g/mol. The van der Waals surface area contributed by atoms with Crippen molar-refractivity contribution in [3.05, 3.63) is 101 Å². The van der Waals surface area contributed by atoms with Gasteiger partial charge in [0.2, 0.25) is 12.2 Å². The van der Waals surface area contributed by atoms with Crippen molar-refractivity contribution in [2.24, 2.45) is 0 Å². The fourth-order valence-corrected chi connectivity index (χ4v) is 3.45. The minimum Gasteiger partial charge on any atom is -0.444 e. The van der Waals surface area contributed by atoms with Gasteiger partial charge in [0.05, 0.1) is 21.8 Å². The number of halogens is 1. The van der Waals surface area contributed by atoms with Gasteiger partial charge in [0.1, 0.15) is 0 Å². The summed E-state index contributed by atoms with van der Waals surface area (Å²) < 4.78 is 10.7. The van der Waals surface area contributed by atoms with Gasteiger partial charge in [0, 0.05) is 0 Å². The largest absolute Gasteiger partial charge is 0.444 e. The summed E-state index contributed by atoms with van der Waals surface area (Å²) in [7, 11) is 0. The highest BCUT2D eigenvalue weighted by Crippen LogP contribution is 2.32. The number of rotatable bonds is 5. The quantitative estimate of drug-likeness (QED) is 0.436. The summed E-state index contributed by atoms with van der Waals surface area (Å²) in [5.74, 6) is -3.39. The fourth-order valence-electron chi connectivity index (χ4n) is 3.23. The van der Waals surface area contributed by atoms with E-state index in [-0.39, 0.29) is 21.8 Å². The Morgan fingerprint density at radius 2 is 1.06 bits per heavy atom. The van der Waals surface area contributed by atoms with Crippen LogP contribution in [-0.4, -0.2) is 36.0 Å². The van der Waals surface area contributed by atoms with Gasteiger partial charge in [-0.05, 0) is 36.4 Å². The first kappa shape index (κ1) is 21.3. The lowest BCUT2D eigenvalue weighted by Crippen LogP contribution is -2.37. The van der Waals surface area contributed by atoms with Gasteiger partial charge in [-0.2, -0.15) is 0 Å². The van der Waals surface area contributed by atoms with Gasteiger partial charge in [0.25, 0.3) is 11.8 Å². The van der Waals surface area contributed by atoms with Crippen molar-refractivity contribution >= 4 is 41.0 Å². The summed E-state index contributed by atoms with van der Waals surface area (Å²) in [5.41, 5.74) is 0.456. The molecule has 1 heterocycles. The minimum absolute atomic E-state index is 0.100. The van der Waals surface area contributed by atoms with Crippen LogP contribution in [0, 0.1) is 0 Å². The molecule has 1 aliphatic heterocycles. The first-order chi connectivity index (χ1) is 15.5. The van der Waals surface area contributed by atoms with E-state index in [0.717, 1.165) is 4.90 Å². The first-order valence-corrected chi connectivity index (χ1v) is 9.99. The molecule has 0 aromatic heterocycles. The number of para-hydroxylation sites is 1. The predicted octanol–water partition coefficient (Wildman–Crippen LogP) is 3.66. The highest BCUT2D eigenvalue weighted by Gasteiger charge is 2.54. The minimum atomic E-state index is -1.67. The van der Waals surface area contributed by atoms with E-state index < -0.39 is 36.0 Å². The normalized spacial score (nSPS) is 17.8. The van der Waals surface area contributed by atoms with Gasteiger partial charge in [-0.3, -0.25) is 9.59 Å². The van der Waals surface area contributed by atoms with Gasteiger partial charge in [0.15, 0.2) is 0 Å². The smallest absolute Gasteiger partial charge is 0.339 e. The second-order valence-electron chi connectivity index (χ2n) is 6.85. The first-order valence-electron chi connectivity index (χ1n) is 9.62. The molecule has 1 aliphatic rings. The number of imide groups is 1. The van der Waals surface area contributed by atoms with Gasteiger partial charge >= 0.3 is 11.9 Å². The number of carbonyl (C=O) groups excluding carboxylic acids is 4. The van der Waals surface area contributed by atoms with Gasteiger partial charge in [-0.25, -0.2) is 14.5 Å². The van der Waals surface area contributed by atoms with Crippen LogP contribution in [0.25, 0.3) is 0 Å². The Morgan fingerprint density at radius 3 is 1.50 bits per heavy atom. The van der Waals surface area contributed by atoms with E-state index in [2.05, 4.69) is 0 Å². The Kier molecular flexibility index (Phi) is 6.00. The van der Waals surface area contributed by atoms with Crippen molar-refractivity contribution in [1.82, 2.24) is 0 Å². The van der Waals surface area contributed by atoms with E-state index in [1.807, 2.05) is 0 Å². The predicted molar refractivity (Wildman–Crippen MR) is 115 cm³/mol. The number of ether oxygens (including phenoxy) is 2. The van der Waals surface area contributed by atoms with Gasteiger partial charge in [-0.15, -0.1) is 0 Å². The van der Waals surface area contributed by atoms with E-state index in [1.54, 1.807) is 48.5 Å². The van der Waals surface area contributed by atoms with Crippen LogP contribution in [0.1, 0.15) is 20.7 Å². The number of amides is 2. The Labute approximate surface area is 188 Å². The van der Waals surface area contributed by atoms with Crippen molar-refractivity contribution in [3.63, 3.8) is 0 Å². The second-order valence-corrected chi connectivity index (χ2v) is 7.25. The molecule has 32 heavy (non-hydrogen) atoms. The number of nitrogens with zero attached hydrogens (tertiary/aromatic N) is 1. The third kappa shape index (κ3) is 4.10. The summed E-state index contributed by atoms with van der Waals surface area (Å²) in [6, 6.07) is 22.1. The standard InChI is InChI=1S/C24H16ClNO6/c25-17-13-7-8-14-18(17)26-21(27)19(31-23(29)15-9-3-1-4-10-15)20(22(26)28)32-24(30)16-11-5-2-6-12-16/h1-14,19-20H/t19-,20-/m0/s1. The Bertz CT molecular complexity index is 1110. The molecule has 0 radical (unpaired) electrons. The molecule has 160 valence electrons. The molecule has 7 nitrogen and oxygen atoms in total. The van der Waals surface area contributed by atoms with Crippen molar-refractivity contribution in [2.75, 3.05) is 4.90 Å². The zero-order valence-corrected chi connectivity index (χ0v) is 17.3. The molecule has 8 heteroatoms. The van der Waals surface area contributed by atoms with E-state index >= 15 is 0 Å². The highest BCUT2D eigenvalue weighted by molar-refractivity contribution is 6.36. The molecule has 0 aliphatic carbocycles. The average molecular weight is 450 g/mol. The lowest BCUT2D eigenvalue weighted by Gasteiger charge is -2.16. The molecule has 3 aromatic carbocycles. The molecule has 1 fully saturated rings. The molecule has 1 saturated heterocycles. The van der Waals surface area contributed by atoms with Gasteiger partial charge in [-0.1, -0.05) is 60.1 Å². The van der Waals surface area contributed by atoms with Crippen LogP contribution in [0.5, 0.6) is 0 Å². The van der Waals surface area contributed by atoms with E-state index in [4.69, 9.17) is 21.1 Å². The summed E-state index contributed by atoms with van der Waals surface area (Å²) in [6.45, 7) is 0. The van der Waals surface area contributed by atoms with Crippen molar-refractivity contribution < 1.29 is 28.7 Å². The molecule has 2 atom stereocenters. The number of hydrogen-bond acceptors (Lipinski definition) is 6. The van der Waals surface area contributed by atoms with E-state index in [9.17, 15) is 19.2 Å². The number of carbonyl (C=O) groups is 4. The maximum Gasteiger partial charge on any atom is 0.339 e. The summed E-state index contributed by atoms with van der Waals surface area (Å²) in [4.78, 5) is 52.2. The second kappa shape index (κ2) is 9.03. The highest BCUT2D eigenvalue weighted by atomic mass is 35.5. The number of hydrogen-bond donors (Lipinski definition) is 0. The van der Waals surface area contributed by atoms with Crippen LogP contribution in [0.2, 0.25) is 5.02 Å². The molecule has 0 N–H and O–H groups in total. The van der Waals surface area contributed by atoms with Crippen molar-refractivity contribution in [3.8, 4) is 0 Å². The Hall–Kier alpha value is -3.97. The molecule has 0 spiro atoms. The van der Waals surface area contributed by atoms with Gasteiger partial charge < -0.3 is 9.47 Å². The molecule has 4 rings (SSSR count). The van der Waals surface area contributed by atoms with E-state index in [0.29, 0.717) is 0 Å². The summed E-state index contributed by atoms with van der Waals surface area (Å²) in [5, 5.41) is 0.136. The molecule has 0 unspecified atom stereocenters. The van der Waals surface area contributed by atoms with Crippen LogP contribution in [0.15, 0.2) is 84.9 Å².